The van der Waals surface area contributed by atoms with Crippen LogP contribution in [0.1, 0.15) is 37.0 Å². The molecule has 0 unspecified atom stereocenters. The molecule has 19 heavy (non-hydrogen) atoms. The van der Waals surface area contributed by atoms with E-state index in [4.69, 9.17) is 0 Å². The van der Waals surface area contributed by atoms with Gasteiger partial charge < -0.3 is 4.98 Å². The topological polar surface area (TPSA) is 49.0 Å². The van der Waals surface area contributed by atoms with E-state index >= 15 is 0 Å². The summed E-state index contributed by atoms with van der Waals surface area (Å²) in [5.41, 5.74) is 2.58. The van der Waals surface area contributed by atoms with Gasteiger partial charge in [0.15, 0.2) is 5.78 Å². The summed E-state index contributed by atoms with van der Waals surface area (Å²) in [4.78, 5) is 21.7. The van der Waals surface area contributed by atoms with Gasteiger partial charge in [-0.3, -0.25) is 9.69 Å². The molecule has 0 saturated heterocycles. The predicted octanol–water partition coefficient (Wildman–Crippen LogP) is 2.87. The fourth-order valence-corrected chi connectivity index (χ4v) is 2.31. The number of H-pyrrole nitrogens is 1. The molecular weight excluding hydrogens is 238 g/mol. The second-order valence-electron chi connectivity index (χ2n) is 4.83. The first kappa shape index (κ1) is 13.7. The van der Waals surface area contributed by atoms with Crippen LogP contribution >= 0.6 is 0 Å². The van der Waals surface area contributed by atoms with Gasteiger partial charge in [0.05, 0.1) is 23.9 Å². The first-order valence-corrected chi connectivity index (χ1v) is 6.93. The molecule has 1 aromatic carbocycles. The number of imidazole rings is 1. The summed E-state index contributed by atoms with van der Waals surface area (Å²) in [5, 5.41) is 0. The molecule has 4 heteroatoms. The van der Waals surface area contributed by atoms with Crippen molar-refractivity contribution >= 4 is 16.8 Å². The zero-order valence-electron chi connectivity index (χ0n) is 11.6. The number of nitrogens with zero attached hydrogens (tertiary/aromatic N) is 2. The molecule has 0 bridgehead atoms. The van der Waals surface area contributed by atoms with Crippen molar-refractivity contribution in [2.45, 2.75) is 26.7 Å². The summed E-state index contributed by atoms with van der Waals surface area (Å²) >= 11 is 0. The molecule has 0 aliphatic rings. The Kier molecular flexibility index (Phi) is 4.68. The van der Waals surface area contributed by atoms with Crippen molar-refractivity contribution in [1.29, 1.82) is 0 Å². The number of fused-ring (bicyclic) bond motifs is 1. The van der Waals surface area contributed by atoms with E-state index in [1.807, 2.05) is 18.2 Å². The molecule has 0 atom stereocenters. The number of nitrogens with one attached hydrogen (secondary N) is 1. The minimum absolute atomic E-state index is 0.179. The number of carbonyl (C=O) groups excluding carboxylic acids is 1. The van der Waals surface area contributed by atoms with E-state index in [-0.39, 0.29) is 5.78 Å². The van der Waals surface area contributed by atoms with Crippen LogP contribution in [0.4, 0.5) is 0 Å². The van der Waals surface area contributed by atoms with Crippen molar-refractivity contribution in [2.75, 3.05) is 19.6 Å². The normalized spacial score (nSPS) is 11.3. The van der Waals surface area contributed by atoms with Gasteiger partial charge in [-0.1, -0.05) is 13.8 Å². The van der Waals surface area contributed by atoms with E-state index < -0.39 is 0 Å². The molecule has 1 aromatic heterocycles. The molecule has 0 saturated carbocycles. The van der Waals surface area contributed by atoms with Gasteiger partial charge >= 0.3 is 0 Å². The van der Waals surface area contributed by atoms with E-state index in [2.05, 4.69) is 28.7 Å². The molecule has 2 aromatic rings. The molecular formula is C15H21N3O. The van der Waals surface area contributed by atoms with Crippen LogP contribution in [0.2, 0.25) is 0 Å². The summed E-state index contributed by atoms with van der Waals surface area (Å²) in [6, 6.07) is 5.64. The average molecular weight is 259 g/mol. The highest BCUT2D eigenvalue weighted by molar-refractivity contribution is 6.00. The molecule has 1 heterocycles. The molecule has 0 radical (unpaired) electrons. The maximum absolute atomic E-state index is 12.3. The first-order chi connectivity index (χ1) is 9.24. The van der Waals surface area contributed by atoms with Gasteiger partial charge in [-0.05, 0) is 44.1 Å². The molecule has 2 rings (SSSR count). The predicted molar refractivity (Wildman–Crippen MR) is 77.4 cm³/mol. The number of carbonyl (C=O) groups is 1. The smallest absolute Gasteiger partial charge is 0.176 e. The first-order valence-electron chi connectivity index (χ1n) is 6.93. The van der Waals surface area contributed by atoms with Crippen LogP contribution in [0.25, 0.3) is 11.0 Å². The fraction of sp³-hybridized carbons (Fsp3) is 0.467. The van der Waals surface area contributed by atoms with Gasteiger partial charge in [-0.2, -0.15) is 0 Å². The standard InChI is InChI=1S/C15H21N3O/c1-3-7-18(8-4-2)10-15(19)12-5-6-13-14(9-12)17-11-16-13/h5-6,9,11H,3-4,7-8,10H2,1-2H3,(H,16,17). The third-order valence-corrected chi connectivity index (χ3v) is 3.19. The number of hydrogen-bond acceptors (Lipinski definition) is 3. The van der Waals surface area contributed by atoms with Crippen LogP contribution in [0.5, 0.6) is 0 Å². The molecule has 0 amide bonds. The average Bonchev–Trinajstić information content (AvgIpc) is 2.86. The van der Waals surface area contributed by atoms with Crippen molar-refractivity contribution in [1.82, 2.24) is 14.9 Å². The second-order valence-corrected chi connectivity index (χ2v) is 4.83. The third kappa shape index (κ3) is 3.41. The molecule has 4 nitrogen and oxygen atoms in total. The Labute approximate surface area is 113 Å². The minimum atomic E-state index is 0.179. The van der Waals surface area contributed by atoms with E-state index in [9.17, 15) is 4.79 Å². The number of hydrogen-bond donors (Lipinski definition) is 1. The highest BCUT2D eigenvalue weighted by atomic mass is 16.1. The Balaban J connectivity index is 2.09. The van der Waals surface area contributed by atoms with Crippen molar-refractivity contribution in [3.8, 4) is 0 Å². The van der Waals surface area contributed by atoms with E-state index in [1.165, 1.54) is 0 Å². The lowest BCUT2D eigenvalue weighted by Gasteiger charge is -2.19. The second kappa shape index (κ2) is 6.48. The number of aromatic amines is 1. The van der Waals surface area contributed by atoms with Crippen molar-refractivity contribution < 1.29 is 4.79 Å². The van der Waals surface area contributed by atoms with Gasteiger partial charge in [0.25, 0.3) is 0 Å². The van der Waals surface area contributed by atoms with Crippen molar-refractivity contribution in [3.63, 3.8) is 0 Å². The van der Waals surface area contributed by atoms with Gasteiger partial charge in [0.1, 0.15) is 0 Å². The van der Waals surface area contributed by atoms with Crippen LogP contribution in [0.15, 0.2) is 24.5 Å². The molecule has 0 fully saturated rings. The Hall–Kier alpha value is -1.68. The molecule has 0 spiro atoms. The monoisotopic (exact) mass is 259 g/mol. The van der Waals surface area contributed by atoms with Crippen LogP contribution in [0.3, 0.4) is 0 Å². The molecule has 102 valence electrons. The summed E-state index contributed by atoms with van der Waals surface area (Å²) in [6.45, 7) is 6.74. The van der Waals surface area contributed by atoms with Gasteiger partial charge in [0, 0.05) is 5.56 Å². The van der Waals surface area contributed by atoms with Crippen LogP contribution in [-0.2, 0) is 0 Å². The van der Waals surface area contributed by atoms with E-state index in [0.717, 1.165) is 42.5 Å². The van der Waals surface area contributed by atoms with Crippen LogP contribution in [-0.4, -0.2) is 40.3 Å². The highest BCUT2D eigenvalue weighted by Gasteiger charge is 2.12. The number of aromatic nitrogens is 2. The Morgan fingerprint density at radius 3 is 2.68 bits per heavy atom. The van der Waals surface area contributed by atoms with Crippen LogP contribution in [0, 0.1) is 0 Å². The highest BCUT2D eigenvalue weighted by Crippen LogP contribution is 2.12. The zero-order chi connectivity index (χ0) is 13.7. The van der Waals surface area contributed by atoms with Crippen molar-refractivity contribution in [2.24, 2.45) is 0 Å². The minimum Gasteiger partial charge on any atom is -0.345 e. The van der Waals surface area contributed by atoms with Gasteiger partial charge in [-0.25, -0.2) is 4.98 Å². The number of ketones is 1. The number of rotatable bonds is 7. The summed E-state index contributed by atoms with van der Waals surface area (Å²) in [7, 11) is 0. The maximum Gasteiger partial charge on any atom is 0.176 e. The van der Waals surface area contributed by atoms with E-state index in [1.54, 1.807) is 6.33 Å². The third-order valence-electron chi connectivity index (χ3n) is 3.19. The largest absolute Gasteiger partial charge is 0.345 e. The Morgan fingerprint density at radius 1 is 1.26 bits per heavy atom. The molecule has 0 aliphatic carbocycles. The van der Waals surface area contributed by atoms with Crippen molar-refractivity contribution in [3.05, 3.63) is 30.1 Å². The van der Waals surface area contributed by atoms with E-state index in [0.29, 0.717) is 6.54 Å². The summed E-state index contributed by atoms with van der Waals surface area (Å²) < 4.78 is 0. The quantitative estimate of drug-likeness (QED) is 0.778. The van der Waals surface area contributed by atoms with Gasteiger partial charge in [-0.15, -0.1) is 0 Å². The fourth-order valence-electron chi connectivity index (χ4n) is 2.31. The molecule has 1 N–H and O–H groups in total. The molecule has 0 aliphatic heterocycles. The lowest BCUT2D eigenvalue weighted by Crippen LogP contribution is -2.31. The summed E-state index contributed by atoms with van der Waals surface area (Å²) in [6.07, 6.45) is 3.80. The number of benzene rings is 1. The SMILES string of the molecule is CCCN(CCC)CC(=O)c1ccc2nc[nH]c2c1. The number of Topliss-reactive ketones (excluding diaryl/α,β-unsaturated/α-hetero) is 1. The Morgan fingerprint density at radius 2 is 2.00 bits per heavy atom. The zero-order valence-corrected chi connectivity index (χ0v) is 11.6. The Bertz CT molecular complexity index is 541. The lowest BCUT2D eigenvalue weighted by atomic mass is 10.1. The lowest BCUT2D eigenvalue weighted by molar-refractivity contribution is 0.0930. The van der Waals surface area contributed by atoms with Crippen LogP contribution < -0.4 is 0 Å². The maximum atomic E-state index is 12.3. The van der Waals surface area contributed by atoms with Gasteiger partial charge in [0.2, 0.25) is 0 Å². The summed E-state index contributed by atoms with van der Waals surface area (Å²) in [5.74, 6) is 0.179.